The van der Waals surface area contributed by atoms with Crippen molar-refractivity contribution in [2.24, 2.45) is 0 Å². The Kier molecular flexibility index (Phi) is 1.77. The molecule has 0 saturated carbocycles. The molecule has 0 aliphatic rings. The summed E-state index contributed by atoms with van der Waals surface area (Å²) in [6.45, 7) is 0. The standard InChI is InChI=1S/C7H4BrN3O2/c8-4-3-10-7-9-1-2-11(7)5(4)6(12)13/h1-3H,(H,12,13). The molecule has 0 aromatic carbocycles. The number of imidazole rings is 1. The predicted octanol–water partition coefficient (Wildman–Crippen LogP) is 1.19. The predicted molar refractivity (Wildman–Crippen MR) is 47.6 cm³/mol. The highest BCUT2D eigenvalue weighted by Crippen LogP contribution is 2.15. The minimum absolute atomic E-state index is 0.127. The minimum atomic E-state index is -1.02. The highest BCUT2D eigenvalue weighted by Gasteiger charge is 2.13. The Balaban J connectivity index is 2.88. The van der Waals surface area contributed by atoms with Crippen molar-refractivity contribution in [3.05, 3.63) is 28.8 Å². The number of fused-ring (bicyclic) bond motifs is 1. The second-order valence-electron chi connectivity index (χ2n) is 2.36. The Morgan fingerprint density at radius 1 is 1.54 bits per heavy atom. The van der Waals surface area contributed by atoms with Crippen LogP contribution in [0.1, 0.15) is 10.5 Å². The molecule has 0 atom stereocenters. The lowest BCUT2D eigenvalue weighted by Gasteiger charge is -2.00. The topological polar surface area (TPSA) is 67.5 Å². The number of rotatable bonds is 1. The van der Waals surface area contributed by atoms with Crippen molar-refractivity contribution < 1.29 is 9.90 Å². The molecule has 0 spiro atoms. The van der Waals surface area contributed by atoms with Gasteiger partial charge in [-0.15, -0.1) is 0 Å². The van der Waals surface area contributed by atoms with E-state index < -0.39 is 5.97 Å². The molecule has 2 aromatic heterocycles. The van der Waals surface area contributed by atoms with Gasteiger partial charge in [0, 0.05) is 18.6 Å². The van der Waals surface area contributed by atoms with Gasteiger partial charge in [-0.3, -0.25) is 4.40 Å². The Hall–Kier alpha value is -1.43. The summed E-state index contributed by atoms with van der Waals surface area (Å²) in [6.07, 6.45) is 4.48. The lowest BCUT2D eigenvalue weighted by atomic mass is 10.4. The molecule has 0 bridgehead atoms. The van der Waals surface area contributed by atoms with Crippen LogP contribution < -0.4 is 0 Å². The van der Waals surface area contributed by atoms with E-state index >= 15 is 0 Å². The van der Waals surface area contributed by atoms with E-state index in [1.54, 1.807) is 6.20 Å². The fraction of sp³-hybridized carbons (Fsp3) is 0. The Bertz CT molecular complexity index is 480. The average molecular weight is 242 g/mol. The number of carboxylic acids is 1. The van der Waals surface area contributed by atoms with E-state index in [9.17, 15) is 4.79 Å². The van der Waals surface area contributed by atoms with Crippen LogP contribution in [0, 0.1) is 0 Å². The molecule has 0 saturated heterocycles. The summed E-state index contributed by atoms with van der Waals surface area (Å²) in [7, 11) is 0. The van der Waals surface area contributed by atoms with Crippen LogP contribution in [-0.4, -0.2) is 25.4 Å². The van der Waals surface area contributed by atoms with Gasteiger partial charge in [0.25, 0.3) is 0 Å². The fourth-order valence-electron chi connectivity index (χ4n) is 1.06. The van der Waals surface area contributed by atoms with Gasteiger partial charge in [-0.05, 0) is 15.9 Å². The molecule has 0 aliphatic carbocycles. The van der Waals surface area contributed by atoms with E-state index in [4.69, 9.17) is 5.11 Å². The summed E-state index contributed by atoms with van der Waals surface area (Å²) in [5, 5.41) is 8.88. The van der Waals surface area contributed by atoms with Gasteiger partial charge in [0.2, 0.25) is 5.78 Å². The van der Waals surface area contributed by atoms with Gasteiger partial charge in [0.1, 0.15) is 5.69 Å². The second-order valence-corrected chi connectivity index (χ2v) is 3.21. The molecule has 2 rings (SSSR count). The highest BCUT2D eigenvalue weighted by atomic mass is 79.9. The summed E-state index contributed by atoms with van der Waals surface area (Å²) in [5.41, 5.74) is 0.127. The maximum atomic E-state index is 10.8. The molecule has 2 aromatic rings. The number of aromatic carboxylic acids is 1. The molecule has 0 fully saturated rings. The number of nitrogens with zero attached hydrogens (tertiary/aromatic N) is 3. The number of aromatic nitrogens is 3. The van der Waals surface area contributed by atoms with Gasteiger partial charge in [0.05, 0.1) is 4.47 Å². The number of carbonyl (C=O) groups is 1. The zero-order valence-electron chi connectivity index (χ0n) is 6.31. The van der Waals surface area contributed by atoms with Gasteiger partial charge in [0.15, 0.2) is 0 Å². The maximum Gasteiger partial charge on any atom is 0.354 e. The molecule has 5 nitrogen and oxygen atoms in total. The van der Waals surface area contributed by atoms with Crippen LogP contribution in [-0.2, 0) is 0 Å². The monoisotopic (exact) mass is 241 g/mol. The minimum Gasteiger partial charge on any atom is -0.477 e. The normalized spacial score (nSPS) is 10.5. The summed E-state index contributed by atoms with van der Waals surface area (Å²) in [5.74, 6) is -0.641. The summed E-state index contributed by atoms with van der Waals surface area (Å²) in [4.78, 5) is 18.6. The van der Waals surface area contributed by atoms with Crippen molar-refractivity contribution in [3.63, 3.8) is 0 Å². The molecule has 0 unspecified atom stereocenters. The molecular weight excluding hydrogens is 238 g/mol. The SMILES string of the molecule is O=C(O)c1c(Br)cnc2nccn12. The van der Waals surface area contributed by atoms with Crippen LogP contribution in [0.15, 0.2) is 23.1 Å². The van der Waals surface area contributed by atoms with E-state index in [2.05, 4.69) is 25.9 Å². The smallest absolute Gasteiger partial charge is 0.354 e. The van der Waals surface area contributed by atoms with Crippen molar-refractivity contribution >= 4 is 27.7 Å². The molecule has 66 valence electrons. The van der Waals surface area contributed by atoms with E-state index in [1.807, 2.05) is 0 Å². The van der Waals surface area contributed by atoms with Gasteiger partial charge in [-0.25, -0.2) is 14.8 Å². The van der Waals surface area contributed by atoms with Gasteiger partial charge in [-0.1, -0.05) is 0 Å². The molecule has 0 radical (unpaired) electrons. The first kappa shape index (κ1) is 8.18. The third-order valence-corrected chi connectivity index (χ3v) is 2.16. The maximum absolute atomic E-state index is 10.8. The van der Waals surface area contributed by atoms with E-state index in [-0.39, 0.29) is 5.69 Å². The number of halogens is 1. The third kappa shape index (κ3) is 1.19. The number of hydrogen-bond acceptors (Lipinski definition) is 3. The van der Waals surface area contributed by atoms with Gasteiger partial charge in [-0.2, -0.15) is 0 Å². The first-order valence-electron chi connectivity index (χ1n) is 3.41. The highest BCUT2D eigenvalue weighted by molar-refractivity contribution is 9.10. The first-order chi connectivity index (χ1) is 6.20. The molecule has 1 N–H and O–H groups in total. The molecule has 6 heteroatoms. The molecule has 0 amide bonds. The largest absolute Gasteiger partial charge is 0.477 e. The Labute approximate surface area is 81.2 Å². The zero-order chi connectivity index (χ0) is 9.42. The van der Waals surface area contributed by atoms with Crippen LogP contribution in [0.3, 0.4) is 0 Å². The van der Waals surface area contributed by atoms with Gasteiger partial charge < -0.3 is 5.11 Å². The number of carboxylic acid groups (broad SMARTS) is 1. The summed E-state index contributed by atoms with van der Waals surface area (Å²) >= 11 is 3.11. The van der Waals surface area contributed by atoms with E-state index in [1.165, 1.54) is 16.8 Å². The van der Waals surface area contributed by atoms with Gasteiger partial charge >= 0.3 is 5.97 Å². The van der Waals surface area contributed by atoms with Crippen LogP contribution in [0.5, 0.6) is 0 Å². The van der Waals surface area contributed by atoms with Crippen LogP contribution >= 0.6 is 15.9 Å². The second kappa shape index (κ2) is 2.81. The van der Waals surface area contributed by atoms with Crippen LogP contribution in [0.25, 0.3) is 5.78 Å². The van der Waals surface area contributed by atoms with E-state index in [0.717, 1.165) is 0 Å². The number of hydrogen-bond donors (Lipinski definition) is 1. The third-order valence-electron chi connectivity index (χ3n) is 1.58. The first-order valence-corrected chi connectivity index (χ1v) is 4.20. The lowest BCUT2D eigenvalue weighted by Crippen LogP contribution is -2.06. The molecule has 0 aliphatic heterocycles. The Morgan fingerprint density at radius 2 is 2.31 bits per heavy atom. The lowest BCUT2D eigenvalue weighted by molar-refractivity contribution is 0.0687. The van der Waals surface area contributed by atoms with Crippen LogP contribution in [0.4, 0.5) is 0 Å². The van der Waals surface area contributed by atoms with Crippen LogP contribution in [0.2, 0.25) is 0 Å². The average Bonchev–Trinajstić information content (AvgIpc) is 2.50. The van der Waals surface area contributed by atoms with Crippen molar-refractivity contribution in [3.8, 4) is 0 Å². The Morgan fingerprint density at radius 3 is 3.00 bits per heavy atom. The van der Waals surface area contributed by atoms with Crippen molar-refractivity contribution in [1.29, 1.82) is 0 Å². The van der Waals surface area contributed by atoms with Crippen molar-refractivity contribution in [1.82, 2.24) is 14.4 Å². The van der Waals surface area contributed by atoms with Crippen molar-refractivity contribution in [2.45, 2.75) is 0 Å². The molecule has 2 heterocycles. The van der Waals surface area contributed by atoms with E-state index in [0.29, 0.717) is 10.3 Å². The fourth-order valence-corrected chi connectivity index (χ4v) is 1.52. The zero-order valence-corrected chi connectivity index (χ0v) is 7.89. The molecule has 13 heavy (non-hydrogen) atoms. The summed E-state index contributed by atoms with van der Waals surface area (Å²) < 4.78 is 1.84. The quantitative estimate of drug-likeness (QED) is 0.815. The summed E-state index contributed by atoms with van der Waals surface area (Å²) in [6, 6.07) is 0. The molecular formula is C7H4BrN3O2. The van der Waals surface area contributed by atoms with Crippen molar-refractivity contribution in [2.75, 3.05) is 0 Å².